The van der Waals surface area contributed by atoms with Crippen LogP contribution in [0.3, 0.4) is 0 Å². The third-order valence-electron chi connectivity index (χ3n) is 2.42. The van der Waals surface area contributed by atoms with Gasteiger partial charge in [-0.05, 0) is 25.1 Å². The lowest BCUT2D eigenvalue weighted by Crippen LogP contribution is -2.25. The predicted octanol–water partition coefficient (Wildman–Crippen LogP) is 2.27. The highest BCUT2D eigenvalue weighted by Gasteiger charge is 2.26. The average molecular weight is 242 g/mol. The van der Waals surface area contributed by atoms with Crippen LogP contribution in [0.5, 0.6) is 5.75 Å². The minimum Gasteiger partial charge on any atom is -0.493 e. The minimum atomic E-state index is 0.149. The number of hydrogen-bond acceptors (Lipinski definition) is 2. The molecule has 3 heteroatoms. The number of nitrogens with two attached hydrogens (primary N) is 1. The Labute approximate surface area is 86.2 Å². The number of hydrogen-bond donors (Lipinski definition) is 1. The Morgan fingerprint density at radius 3 is 3.08 bits per heavy atom. The summed E-state index contributed by atoms with van der Waals surface area (Å²) in [6.07, 6.45) is 0. The van der Waals surface area contributed by atoms with E-state index in [1.54, 1.807) is 0 Å². The van der Waals surface area contributed by atoms with Crippen molar-refractivity contribution in [1.29, 1.82) is 0 Å². The van der Waals surface area contributed by atoms with Crippen molar-refractivity contribution in [3.63, 3.8) is 0 Å². The van der Waals surface area contributed by atoms with E-state index in [4.69, 9.17) is 10.5 Å². The van der Waals surface area contributed by atoms with Gasteiger partial charge in [0.15, 0.2) is 0 Å². The van der Waals surface area contributed by atoms with Crippen LogP contribution in [0.2, 0.25) is 0 Å². The minimum absolute atomic E-state index is 0.149. The van der Waals surface area contributed by atoms with Gasteiger partial charge in [0.2, 0.25) is 0 Å². The molecule has 1 aliphatic heterocycles. The molecule has 0 saturated carbocycles. The summed E-state index contributed by atoms with van der Waals surface area (Å²) in [5.74, 6) is 1.32. The predicted molar refractivity (Wildman–Crippen MR) is 56.0 cm³/mol. The highest BCUT2D eigenvalue weighted by molar-refractivity contribution is 9.10. The molecule has 13 heavy (non-hydrogen) atoms. The van der Waals surface area contributed by atoms with Gasteiger partial charge in [-0.1, -0.05) is 15.9 Å². The number of benzene rings is 1. The fourth-order valence-corrected chi connectivity index (χ4v) is 2.02. The molecule has 0 bridgehead atoms. The second-order valence-electron chi connectivity index (χ2n) is 3.46. The molecule has 70 valence electrons. The standard InChI is InChI=1S/C10H12BrNO/c1-6(12)9-5-13-10-3-2-7(11)4-8(9)10/h2-4,6,9H,5,12H2,1H3. The van der Waals surface area contributed by atoms with E-state index >= 15 is 0 Å². The van der Waals surface area contributed by atoms with E-state index in [0.29, 0.717) is 12.5 Å². The van der Waals surface area contributed by atoms with Crippen molar-refractivity contribution in [2.24, 2.45) is 5.73 Å². The van der Waals surface area contributed by atoms with E-state index in [2.05, 4.69) is 22.0 Å². The molecule has 2 rings (SSSR count). The summed E-state index contributed by atoms with van der Waals surface area (Å²) < 4.78 is 6.61. The van der Waals surface area contributed by atoms with Crippen LogP contribution in [0, 0.1) is 0 Å². The fourth-order valence-electron chi connectivity index (χ4n) is 1.64. The van der Waals surface area contributed by atoms with E-state index in [0.717, 1.165) is 10.2 Å². The number of ether oxygens (including phenoxy) is 1. The van der Waals surface area contributed by atoms with Crippen molar-refractivity contribution >= 4 is 15.9 Å². The number of halogens is 1. The van der Waals surface area contributed by atoms with Gasteiger partial charge in [-0.15, -0.1) is 0 Å². The zero-order valence-corrected chi connectivity index (χ0v) is 9.04. The van der Waals surface area contributed by atoms with Gasteiger partial charge in [-0.2, -0.15) is 0 Å². The smallest absolute Gasteiger partial charge is 0.123 e. The molecule has 0 aliphatic carbocycles. The zero-order chi connectivity index (χ0) is 9.42. The molecule has 0 spiro atoms. The van der Waals surface area contributed by atoms with Crippen molar-refractivity contribution in [1.82, 2.24) is 0 Å². The molecule has 1 aromatic rings. The van der Waals surface area contributed by atoms with Crippen molar-refractivity contribution in [2.75, 3.05) is 6.61 Å². The largest absolute Gasteiger partial charge is 0.493 e. The molecule has 0 amide bonds. The molecule has 1 aliphatic rings. The lowest BCUT2D eigenvalue weighted by Gasteiger charge is -2.12. The fraction of sp³-hybridized carbons (Fsp3) is 0.400. The normalized spacial score (nSPS) is 22.2. The Hall–Kier alpha value is -0.540. The van der Waals surface area contributed by atoms with Crippen LogP contribution in [-0.2, 0) is 0 Å². The first-order valence-electron chi connectivity index (χ1n) is 4.36. The van der Waals surface area contributed by atoms with Crippen LogP contribution in [0.25, 0.3) is 0 Å². The van der Waals surface area contributed by atoms with Crippen molar-refractivity contribution in [3.05, 3.63) is 28.2 Å². The Kier molecular flexibility index (Phi) is 2.30. The molecule has 0 radical (unpaired) electrons. The third-order valence-corrected chi connectivity index (χ3v) is 2.92. The summed E-state index contributed by atoms with van der Waals surface area (Å²) in [5, 5.41) is 0. The Morgan fingerprint density at radius 2 is 2.38 bits per heavy atom. The summed E-state index contributed by atoms with van der Waals surface area (Å²) in [4.78, 5) is 0. The quantitative estimate of drug-likeness (QED) is 0.819. The van der Waals surface area contributed by atoms with Crippen LogP contribution in [-0.4, -0.2) is 12.6 Å². The monoisotopic (exact) mass is 241 g/mol. The van der Waals surface area contributed by atoms with E-state index in [1.807, 2.05) is 19.1 Å². The van der Waals surface area contributed by atoms with Gasteiger partial charge in [-0.25, -0.2) is 0 Å². The van der Waals surface area contributed by atoms with Gasteiger partial charge in [0, 0.05) is 22.0 Å². The molecule has 2 unspecified atom stereocenters. The van der Waals surface area contributed by atoms with Crippen LogP contribution in [0.15, 0.2) is 22.7 Å². The Balaban J connectivity index is 2.40. The van der Waals surface area contributed by atoms with Gasteiger partial charge in [0.1, 0.15) is 5.75 Å². The number of fused-ring (bicyclic) bond motifs is 1. The van der Waals surface area contributed by atoms with Crippen LogP contribution in [0.4, 0.5) is 0 Å². The molecule has 0 aromatic heterocycles. The maximum Gasteiger partial charge on any atom is 0.123 e. The molecular formula is C10H12BrNO. The summed E-state index contributed by atoms with van der Waals surface area (Å²) in [7, 11) is 0. The van der Waals surface area contributed by atoms with Crippen molar-refractivity contribution < 1.29 is 4.74 Å². The summed E-state index contributed by atoms with van der Waals surface area (Å²) in [6.45, 7) is 2.73. The third kappa shape index (κ3) is 1.58. The first kappa shape index (κ1) is 9.03. The van der Waals surface area contributed by atoms with Crippen LogP contribution < -0.4 is 10.5 Å². The van der Waals surface area contributed by atoms with Crippen molar-refractivity contribution in [2.45, 2.75) is 18.9 Å². The lowest BCUT2D eigenvalue weighted by molar-refractivity contribution is 0.318. The zero-order valence-electron chi connectivity index (χ0n) is 7.46. The van der Waals surface area contributed by atoms with E-state index in [1.165, 1.54) is 5.56 Å². The van der Waals surface area contributed by atoms with Gasteiger partial charge < -0.3 is 10.5 Å². The van der Waals surface area contributed by atoms with E-state index < -0.39 is 0 Å². The van der Waals surface area contributed by atoms with Crippen LogP contribution >= 0.6 is 15.9 Å². The van der Waals surface area contributed by atoms with Gasteiger partial charge in [0.25, 0.3) is 0 Å². The van der Waals surface area contributed by atoms with E-state index in [9.17, 15) is 0 Å². The molecule has 2 N–H and O–H groups in total. The lowest BCUT2D eigenvalue weighted by atomic mass is 9.95. The molecule has 1 heterocycles. The van der Waals surface area contributed by atoms with Crippen molar-refractivity contribution in [3.8, 4) is 5.75 Å². The molecule has 2 atom stereocenters. The average Bonchev–Trinajstić information content (AvgIpc) is 2.46. The SMILES string of the molecule is CC(N)C1COc2ccc(Br)cc21. The van der Waals surface area contributed by atoms with Gasteiger partial charge in [-0.3, -0.25) is 0 Å². The second kappa shape index (κ2) is 3.31. The molecule has 1 aromatic carbocycles. The first-order chi connectivity index (χ1) is 6.18. The van der Waals surface area contributed by atoms with E-state index in [-0.39, 0.29) is 6.04 Å². The summed E-state index contributed by atoms with van der Waals surface area (Å²) in [5.41, 5.74) is 7.09. The number of rotatable bonds is 1. The maximum atomic E-state index is 5.87. The molecule has 0 saturated heterocycles. The molecular weight excluding hydrogens is 230 g/mol. The maximum absolute atomic E-state index is 5.87. The first-order valence-corrected chi connectivity index (χ1v) is 5.15. The molecule has 0 fully saturated rings. The van der Waals surface area contributed by atoms with Gasteiger partial charge >= 0.3 is 0 Å². The summed E-state index contributed by atoms with van der Waals surface area (Å²) in [6, 6.07) is 6.22. The van der Waals surface area contributed by atoms with Gasteiger partial charge in [0.05, 0.1) is 6.61 Å². The second-order valence-corrected chi connectivity index (χ2v) is 4.37. The Bertz CT molecular complexity index is 325. The Morgan fingerprint density at radius 1 is 1.62 bits per heavy atom. The van der Waals surface area contributed by atoms with Crippen LogP contribution in [0.1, 0.15) is 18.4 Å². The summed E-state index contributed by atoms with van der Waals surface area (Å²) >= 11 is 3.45. The highest BCUT2D eigenvalue weighted by atomic mass is 79.9. The molecule has 2 nitrogen and oxygen atoms in total. The highest BCUT2D eigenvalue weighted by Crippen LogP contribution is 2.36. The topological polar surface area (TPSA) is 35.2 Å².